The molecule has 6 heteroatoms. The molecule has 0 radical (unpaired) electrons. The van der Waals surface area contributed by atoms with Gasteiger partial charge in [0.05, 0.1) is 12.4 Å². The highest BCUT2D eigenvalue weighted by Gasteiger charge is 2.25. The third-order valence-corrected chi connectivity index (χ3v) is 3.87. The molecule has 0 saturated heterocycles. The Morgan fingerprint density at radius 3 is 2.71 bits per heavy atom. The zero-order valence-corrected chi connectivity index (χ0v) is 13.1. The van der Waals surface area contributed by atoms with Crippen molar-refractivity contribution in [2.24, 2.45) is 5.73 Å². The maximum absolute atomic E-state index is 9.31. The number of halogens is 1. The Morgan fingerprint density at radius 2 is 2.14 bits per heavy atom. The van der Waals surface area contributed by atoms with Gasteiger partial charge in [-0.05, 0) is 24.1 Å². The molecule has 5 nitrogen and oxygen atoms in total. The van der Waals surface area contributed by atoms with Crippen molar-refractivity contribution in [1.29, 1.82) is 10.5 Å². The zero-order valence-electron chi connectivity index (χ0n) is 11.5. The largest absolute Gasteiger partial charge is 0.326 e. The third-order valence-electron chi connectivity index (χ3n) is 3.37. The summed E-state index contributed by atoms with van der Waals surface area (Å²) in [6.45, 7) is 1.99. The normalized spacial score (nSPS) is 13.2. The molecule has 0 aliphatic heterocycles. The van der Waals surface area contributed by atoms with Crippen molar-refractivity contribution in [3.8, 4) is 12.1 Å². The van der Waals surface area contributed by atoms with Gasteiger partial charge in [-0.25, -0.2) is 4.98 Å². The van der Waals surface area contributed by atoms with E-state index >= 15 is 0 Å². The van der Waals surface area contributed by atoms with Crippen LogP contribution in [-0.4, -0.2) is 15.6 Å². The lowest BCUT2D eigenvalue weighted by atomic mass is 9.97. The van der Waals surface area contributed by atoms with Crippen LogP contribution in [-0.2, 0) is 0 Å². The average molecular weight is 344 g/mol. The molecular formula is C15H14BrN5. The van der Waals surface area contributed by atoms with Crippen molar-refractivity contribution in [2.45, 2.75) is 25.4 Å². The third kappa shape index (κ3) is 2.97. The molecule has 0 fully saturated rings. The Balaban J connectivity index is 2.60. The number of hydrogen-bond donors (Lipinski definition) is 1. The first-order valence-corrected chi connectivity index (χ1v) is 7.29. The van der Waals surface area contributed by atoms with Gasteiger partial charge >= 0.3 is 0 Å². The fraction of sp³-hybridized carbons (Fsp3) is 0.267. The molecule has 0 aliphatic rings. The molecule has 2 aromatic rings. The molecule has 2 unspecified atom stereocenters. The van der Waals surface area contributed by atoms with E-state index in [1.807, 2.05) is 43.3 Å². The van der Waals surface area contributed by atoms with Gasteiger partial charge in [-0.3, -0.25) is 0 Å². The monoisotopic (exact) mass is 343 g/mol. The number of nitriles is 2. The Morgan fingerprint density at radius 1 is 1.38 bits per heavy atom. The van der Waals surface area contributed by atoms with E-state index in [-0.39, 0.29) is 23.5 Å². The van der Waals surface area contributed by atoms with E-state index in [0.717, 1.165) is 16.5 Å². The summed E-state index contributed by atoms with van der Waals surface area (Å²) < 4.78 is 2.63. The minimum absolute atomic E-state index is 0.126. The number of benzene rings is 1. The summed E-state index contributed by atoms with van der Waals surface area (Å²) in [6, 6.07) is 11.3. The standard InChI is InChI=1S/C15H14BrN5/c1-2-12(19)15(10-4-3-5-11(16)6-10)21-9-20-13(7-17)14(21)8-18/h3-6,9,12,15H,2,19H2,1H3. The lowest BCUT2D eigenvalue weighted by molar-refractivity contribution is 0.455. The minimum atomic E-state index is -0.239. The predicted octanol–water partition coefficient (Wildman–Crippen LogP) is 2.72. The van der Waals surface area contributed by atoms with Crippen molar-refractivity contribution in [1.82, 2.24) is 9.55 Å². The van der Waals surface area contributed by atoms with Crippen LogP contribution in [0.5, 0.6) is 0 Å². The number of hydrogen-bond acceptors (Lipinski definition) is 4. The number of aromatic nitrogens is 2. The van der Waals surface area contributed by atoms with Crippen LogP contribution in [0.25, 0.3) is 0 Å². The van der Waals surface area contributed by atoms with E-state index in [1.54, 1.807) is 4.57 Å². The predicted molar refractivity (Wildman–Crippen MR) is 82.2 cm³/mol. The number of nitrogens with zero attached hydrogens (tertiary/aromatic N) is 4. The summed E-state index contributed by atoms with van der Waals surface area (Å²) in [5.41, 5.74) is 7.59. The summed E-state index contributed by atoms with van der Waals surface area (Å²) in [4.78, 5) is 4.00. The van der Waals surface area contributed by atoms with Gasteiger partial charge in [0.15, 0.2) is 11.4 Å². The second-order valence-corrected chi connectivity index (χ2v) is 5.56. The van der Waals surface area contributed by atoms with E-state index in [1.165, 1.54) is 6.33 Å². The molecular weight excluding hydrogens is 330 g/mol. The molecule has 0 amide bonds. The second-order valence-electron chi connectivity index (χ2n) is 4.64. The lowest BCUT2D eigenvalue weighted by Crippen LogP contribution is -2.33. The molecule has 2 atom stereocenters. The highest BCUT2D eigenvalue weighted by atomic mass is 79.9. The van der Waals surface area contributed by atoms with Gasteiger partial charge in [0, 0.05) is 10.5 Å². The number of rotatable bonds is 4. The molecule has 1 aromatic heterocycles. The topological polar surface area (TPSA) is 91.4 Å². The Bertz CT molecular complexity index is 722. The Kier molecular flexibility index (Phi) is 4.74. The maximum atomic E-state index is 9.31. The fourth-order valence-corrected chi connectivity index (χ4v) is 2.71. The Hall–Kier alpha value is -2.15. The minimum Gasteiger partial charge on any atom is -0.326 e. The second kappa shape index (κ2) is 6.53. The Labute approximate surface area is 131 Å². The molecule has 0 bridgehead atoms. The van der Waals surface area contributed by atoms with Crippen molar-refractivity contribution in [3.05, 3.63) is 52.0 Å². The number of nitrogens with two attached hydrogens (primary N) is 1. The quantitative estimate of drug-likeness (QED) is 0.923. The van der Waals surface area contributed by atoms with E-state index < -0.39 is 0 Å². The molecule has 0 spiro atoms. The molecule has 1 aromatic carbocycles. The van der Waals surface area contributed by atoms with Crippen LogP contribution in [0.2, 0.25) is 0 Å². The van der Waals surface area contributed by atoms with E-state index in [2.05, 4.69) is 20.9 Å². The van der Waals surface area contributed by atoms with Crippen LogP contribution in [0.3, 0.4) is 0 Å². The van der Waals surface area contributed by atoms with Crippen LogP contribution in [0, 0.1) is 22.7 Å². The molecule has 2 N–H and O–H groups in total. The summed E-state index contributed by atoms with van der Waals surface area (Å²) in [6.07, 6.45) is 2.25. The molecule has 21 heavy (non-hydrogen) atoms. The molecule has 0 saturated carbocycles. The average Bonchev–Trinajstić information content (AvgIpc) is 2.90. The van der Waals surface area contributed by atoms with Gasteiger partial charge in [0.25, 0.3) is 0 Å². The number of imidazole rings is 1. The lowest BCUT2D eigenvalue weighted by Gasteiger charge is -2.25. The first kappa shape index (κ1) is 15.2. The van der Waals surface area contributed by atoms with Crippen molar-refractivity contribution in [2.75, 3.05) is 0 Å². The summed E-state index contributed by atoms with van der Waals surface area (Å²) in [5.74, 6) is 0. The van der Waals surface area contributed by atoms with E-state index in [4.69, 9.17) is 11.0 Å². The first-order chi connectivity index (χ1) is 10.1. The molecule has 106 valence electrons. The van der Waals surface area contributed by atoms with E-state index in [9.17, 15) is 5.26 Å². The van der Waals surface area contributed by atoms with E-state index in [0.29, 0.717) is 0 Å². The smallest absolute Gasteiger partial charge is 0.176 e. The van der Waals surface area contributed by atoms with Gasteiger partial charge in [-0.15, -0.1) is 0 Å². The van der Waals surface area contributed by atoms with Gasteiger partial charge in [0.1, 0.15) is 12.1 Å². The zero-order chi connectivity index (χ0) is 15.4. The summed E-state index contributed by atoms with van der Waals surface area (Å²) in [5, 5.41) is 18.4. The SMILES string of the molecule is CCC(N)C(c1cccc(Br)c1)n1cnc(C#N)c1C#N. The van der Waals surface area contributed by atoms with Crippen molar-refractivity contribution in [3.63, 3.8) is 0 Å². The van der Waals surface area contributed by atoms with Gasteiger partial charge in [0.2, 0.25) is 0 Å². The summed E-state index contributed by atoms with van der Waals surface area (Å²) >= 11 is 3.45. The molecule has 0 aliphatic carbocycles. The van der Waals surface area contributed by atoms with Gasteiger partial charge in [-0.2, -0.15) is 10.5 Å². The molecule has 2 rings (SSSR count). The summed E-state index contributed by atoms with van der Waals surface area (Å²) in [7, 11) is 0. The van der Waals surface area contributed by atoms with Crippen molar-refractivity contribution < 1.29 is 0 Å². The van der Waals surface area contributed by atoms with Gasteiger partial charge in [-0.1, -0.05) is 35.0 Å². The maximum Gasteiger partial charge on any atom is 0.176 e. The van der Waals surface area contributed by atoms with Gasteiger partial charge < -0.3 is 10.3 Å². The van der Waals surface area contributed by atoms with Crippen LogP contribution in [0.1, 0.15) is 36.3 Å². The van der Waals surface area contributed by atoms with Crippen LogP contribution < -0.4 is 5.73 Å². The van der Waals surface area contributed by atoms with Crippen LogP contribution >= 0.6 is 15.9 Å². The van der Waals surface area contributed by atoms with Crippen LogP contribution in [0.4, 0.5) is 0 Å². The highest BCUT2D eigenvalue weighted by Crippen LogP contribution is 2.27. The highest BCUT2D eigenvalue weighted by molar-refractivity contribution is 9.10. The molecule has 1 heterocycles. The van der Waals surface area contributed by atoms with Crippen LogP contribution in [0.15, 0.2) is 35.1 Å². The van der Waals surface area contributed by atoms with Crippen molar-refractivity contribution >= 4 is 15.9 Å². The first-order valence-electron chi connectivity index (χ1n) is 6.50. The fourth-order valence-electron chi connectivity index (χ4n) is 2.29.